The number of hydrogen-bond donors (Lipinski definition) is 2. The molecule has 27 heavy (non-hydrogen) atoms. The maximum absolute atomic E-state index is 11.9. The van der Waals surface area contributed by atoms with Gasteiger partial charge >= 0.3 is 12.1 Å². The maximum Gasteiger partial charge on any atom is 0.408 e. The number of alkyl carbamates (subject to hydrolysis) is 1. The molecule has 0 aliphatic carbocycles. The number of carbonyl (C=O) groups excluding carboxylic acids is 1. The van der Waals surface area contributed by atoms with E-state index in [1.165, 1.54) is 0 Å². The Morgan fingerprint density at radius 2 is 1.96 bits per heavy atom. The maximum atomic E-state index is 11.9. The van der Waals surface area contributed by atoms with Gasteiger partial charge in [0.25, 0.3) is 0 Å². The molecule has 0 aromatic heterocycles. The molecular weight excluding hydrogens is 372 g/mol. The van der Waals surface area contributed by atoms with Crippen molar-refractivity contribution in [3.05, 3.63) is 28.3 Å². The zero-order valence-corrected chi connectivity index (χ0v) is 16.9. The van der Waals surface area contributed by atoms with Gasteiger partial charge in [-0.25, -0.2) is 9.59 Å². The number of morpholine rings is 1. The number of aryl methyl sites for hydroxylation is 1. The molecule has 1 aromatic carbocycles. The molecule has 1 saturated heterocycles. The molecule has 1 unspecified atom stereocenters. The van der Waals surface area contributed by atoms with E-state index in [1.54, 1.807) is 20.8 Å². The minimum atomic E-state index is -1.15. The molecule has 7 nitrogen and oxygen atoms in total. The summed E-state index contributed by atoms with van der Waals surface area (Å²) < 4.78 is 10.5. The lowest BCUT2D eigenvalue weighted by atomic mass is 10.0. The molecule has 0 saturated carbocycles. The molecule has 1 aliphatic rings. The number of aliphatic carboxylic acids is 1. The lowest BCUT2D eigenvalue weighted by Gasteiger charge is -2.30. The summed E-state index contributed by atoms with van der Waals surface area (Å²) in [5.74, 6) is -1.15. The molecule has 1 heterocycles. The standard InChI is InChI=1S/C19H27ClN2O5/c1-12-9-13(14(20)11-16(12)22-5-7-26-8-6-22)10-15(17(23)24)21-18(25)27-19(2,3)4/h9,11,15H,5-8,10H2,1-4H3,(H,21,25)(H,23,24). The van der Waals surface area contributed by atoms with Crippen LogP contribution in [0.5, 0.6) is 0 Å². The second-order valence-corrected chi connectivity index (χ2v) is 7.98. The van der Waals surface area contributed by atoms with E-state index in [1.807, 2.05) is 19.1 Å². The normalized spacial score (nSPS) is 16.0. The van der Waals surface area contributed by atoms with Crippen molar-refractivity contribution in [2.75, 3.05) is 31.2 Å². The van der Waals surface area contributed by atoms with Crippen molar-refractivity contribution >= 4 is 29.4 Å². The molecule has 2 N–H and O–H groups in total. The van der Waals surface area contributed by atoms with E-state index in [0.717, 1.165) is 24.3 Å². The number of anilines is 1. The van der Waals surface area contributed by atoms with E-state index in [-0.39, 0.29) is 6.42 Å². The fourth-order valence-electron chi connectivity index (χ4n) is 2.90. The van der Waals surface area contributed by atoms with Crippen LogP contribution in [0, 0.1) is 6.92 Å². The number of nitrogens with zero attached hydrogens (tertiary/aromatic N) is 1. The molecule has 1 fully saturated rings. The highest BCUT2D eigenvalue weighted by atomic mass is 35.5. The summed E-state index contributed by atoms with van der Waals surface area (Å²) in [6.45, 7) is 10.0. The summed E-state index contributed by atoms with van der Waals surface area (Å²) >= 11 is 6.42. The first-order valence-corrected chi connectivity index (χ1v) is 9.28. The Kier molecular flexibility index (Phi) is 6.95. The SMILES string of the molecule is Cc1cc(CC(NC(=O)OC(C)(C)C)C(=O)O)c(Cl)cc1N1CCOCC1. The van der Waals surface area contributed by atoms with Gasteiger partial charge in [0.15, 0.2) is 0 Å². The van der Waals surface area contributed by atoms with Gasteiger partial charge in [0.2, 0.25) is 0 Å². The monoisotopic (exact) mass is 398 g/mol. The first-order chi connectivity index (χ1) is 12.6. The molecule has 8 heteroatoms. The number of rotatable bonds is 5. The van der Waals surface area contributed by atoms with Crippen molar-refractivity contribution in [3.63, 3.8) is 0 Å². The highest BCUT2D eigenvalue weighted by Crippen LogP contribution is 2.29. The lowest BCUT2D eigenvalue weighted by molar-refractivity contribution is -0.139. The van der Waals surface area contributed by atoms with Crippen molar-refractivity contribution in [1.82, 2.24) is 5.32 Å². The van der Waals surface area contributed by atoms with Gasteiger partial charge in [0.05, 0.1) is 13.2 Å². The Bertz CT molecular complexity index is 696. The minimum absolute atomic E-state index is 0.0671. The average molecular weight is 399 g/mol. The molecule has 2 rings (SSSR count). The molecule has 1 aromatic rings. The third-order valence-electron chi connectivity index (χ3n) is 4.13. The van der Waals surface area contributed by atoms with E-state index in [9.17, 15) is 14.7 Å². The Morgan fingerprint density at radius 3 is 2.52 bits per heavy atom. The molecule has 1 aliphatic heterocycles. The van der Waals surface area contributed by atoms with Crippen molar-refractivity contribution < 1.29 is 24.2 Å². The topological polar surface area (TPSA) is 88.1 Å². The third-order valence-corrected chi connectivity index (χ3v) is 4.48. The average Bonchev–Trinajstić information content (AvgIpc) is 2.56. The van der Waals surface area contributed by atoms with Crippen LogP contribution in [-0.4, -0.2) is 55.1 Å². The molecule has 1 amide bonds. The summed E-state index contributed by atoms with van der Waals surface area (Å²) in [5.41, 5.74) is 1.97. The molecule has 0 bridgehead atoms. The van der Waals surface area contributed by atoms with Crippen molar-refractivity contribution in [2.45, 2.75) is 45.8 Å². The van der Waals surface area contributed by atoms with Crippen molar-refractivity contribution in [1.29, 1.82) is 0 Å². The van der Waals surface area contributed by atoms with Crippen LogP contribution < -0.4 is 10.2 Å². The fourth-order valence-corrected chi connectivity index (χ4v) is 3.14. The molecule has 1 atom stereocenters. The van der Waals surface area contributed by atoms with Gasteiger partial charge in [-0.1, -0.05) is 17.7 Å². The number of carboxylic acid groups (broad SMARTS) is 1. The molecular formula is C19H27ClN2O5. The van der Waals surface area contributed by atoms with Crippen LogP contribution in [0.15, 0.2) is 12.1 Å². The van der Waals surface area contributed by atoms with E-state index < -0.39 is 23.7 Å². The van der Waals surface area contributed by atoms with Gasteiger partial charge in [-0.3, -0.25) is 0 Å². The van der Waals surface area contributed by atoms with Gasteiger partial charge in [0.1, 0.15) is 11.6 Å². The molecule has 0 spiro atoms. The summed E-state index contributed by atoms with van der Waals surface area (Å²) in [7, 11) is 0. The number of carboxylic acids is 1. The Labute approximate surface area is 164 Å². The molecule has 0 radical (unpaired) electrons. The zero-order chi connectivity index (χ0) is 20.2. The van der Waals surface area contributed by atoms with Gasteiger partial charge in [-0.05, 0) is 44.9 Å². The molecule has 150 valence electrons. The first-order valence-electron chi connectivity index (χ1n) is 8.91. The Morgan fingerprint density at radius 1 is 1.33 bits per heavy atom. The highest BCUT2D eigenvalue weighted by molar-refractivity contribution is 6.31. The number of nitrogens with one attached hydrogen (secondary N) is 1. The van der Waals surface area contributed by atoms with Crippen LogP contribution in [0.25, 0.3) is 0 Å². The van der Waals surface area contributed by atoms with Gasteiger partial charge in [-0.2, -0.15) is 0 Å². The highest BCUT2D eigenvalue weighted by Gasteiger charge is 2.25. The summed E-state index contributed by atoms with van der Waals surface area (Å²) in [4.78, 5) is 25.7. The summed E-state index contributed by atoms with van der Waals surface area (Å²) in [5, 5.41) is 12.3. The zero-order valence-electron chi connectivity index (χ0n) is 16.2. The summed E-state index contributed by atoms with van der Waals surface area (Å²) in [6.07, 6.45) is -0.704. The van der Waals surface area contributed by atoms with Crippen LogP contribution >= 0.6 is 11.6 Å². The lowest BCUT2D eigenvalue weighted by Crippen LogP contribution is -2.44. The minimum Gasteiger partial charge on any atom is -0.480 e. The van der Waals surface area contributed by atoms with E-state index in [4.69, 9.17) is 21.1 Å². The Hall–Kier alpha value is -1.99. The number of hydrogen-bond acceptors (Lipinski definition) is 5. The second-order valence-electron chi connectivity index (χ2n) is 7.57. The van der Waals surface area contributed by atoms with Crippen LogP contribution in [0.1, 0.15) is 31.9 Å². The largest absolute Gasteiger partial charge is 0.480 e. The van der Waals surface area contributed by atoms with Crippen molar-refractivity contribution in [3.8, 4) is 0 Å². The van der Waals surface area contributed by atoms with Crippen LogP contribution in [0.2, 0.25) is 5.02 Å². The number of ether oxygens (including phenoxy) is 2. The van der Waals surface area contributed by atoms with Crippen molar-refractivity contribution in [2.24, 2.45) is 0 Å². The summed E-state index contributed by atoms with van der Waals surface area (Å²) in [6, 6.07) is 2.59. The van der Waals surface area contributed by atoms with Crippen LogP contribution in [-0.2, 0) is 20.7 Å². The van der Waals surface area contributed by atoms with E-state index >= 15 is 0 Å². The number of halogens is 1. The predicted octanol–water partition coefficient (Wildman–Crippen LogP) is 3.01. The Balaban J connectivity index is 2.14. The fraction of sp³-hybridized carbons (Fsp3) is 0.579. The first kappa shape index (κ1) is 21.3. The third kappa shape index (κ3) is 6.29. The van der Waals surface area contributed by atoms with Crippen LogP contribution in [0.4, 0.5) is 10.5 Å². The number of carbonyl (C=O) groups is 2. The number of benzene rings is 1. The van der Waals surface area contributed by atoms with Gasteiger partial charge in [-0.15, -0.1) is 0 Å². The van der Waals surface area contributed by atoms with Crippen LogP contribution in [0.3, 0.4) is 0 Å². The predicted molar refractivity (Wildman–Crippen MR) is 104 cm³/mol. The quantitative estimate of drug-likeness (QED) is 0.792. The van der Waals surface area contributed by atoms with Gasteiger partial charge in [0, 0.05) is 30.2 Å². The van der Waals surface area contributed by atoms with E-state index in [0.29, 0.717) is 23.8 Å². The van der Waals surface area contributed by atoms with E-state index in [2.05, 4.69) is 10.2 Å². The second kappa shape index (κ2) is 8.80. The van der Waals surface area contributed by atoms with Gasteiger partial charge < -0.3 is 24.8 Å². The number of amides is 1. The smallest absolute Gasteiger partial charge is 0.408 e.